The van der Waals surface area contributed by atoms with E-state index in [4.69, 9.17) is 16.3 Å². The topological polar surface area (TPSA) is 73.2 Å². The van der Waals surface area contributed by atoms with Crippen LogP contribution in [0, 0.1) is 5.82 Å². The van der Waals surface area contributed by atoms with Crippen molar-refractivity contribution in [1.82, 2.24) is 9.55 Å². The zero-order valence-electron chi connectivity index (χ0n) is 14.7. The highest BCUT2D eigenvalue weighted by Crippen LogP contribution is 2.27. The molecule has 0 aliphatic heterocycles. The number of anilines is 1. The monoisotopic (exact) mass is 419 g/mol. The maximum Gasteiger partial charge on any atom is 0.287 e. The Labute approximate surface area is 169 Å². The fraction of sp³-hybridized carbons (Fsp3) is 0.105. The summed E-state index contributed by atoms with van der Waals surface area (Å²) in [5.74, 6) is -0.305. The fourth-order valence-electron chi connectivity index (χ4n) is 2.40. The maximum absolute atomic E-state index is 13.4. The number of rotatable bonds is 6. The third kappa shape index (κ3) is 4.71. The third-order valence-corrected chi connectivity index (χ3v) is 4.93. The van der Waals surface area contributed by atoms with Gasteiger partial charge in [0.05, 0.1) is 23.6 Å². The van der Waals surface area contributed by atoms with E-state index in [0.717, 1.165) is 11.8 Å². The summed E-state index contributed by atoms with van der Waals surface area (Å²) in [4.78, 5) is 28.8. The Morgan fingerprint density at radius 1 is 1.32 bits per heavy atom. The number of ether oxygens (including phenoxy) is 1. The van der Waals surface area contributed by atoms with E-state index < -0.39 is 11.4 Å². The summed E-state index contributed by atoms with van der Waals surface area (Å²) < 4.78 is 19.8. The first-order chi connectivity index (χ1) is 13.5. The first-order valence-electron chi connectivity index (χ1n) is 8.07. The van der Waals surface area contributed by atoms with Crippen LogP contribution in [-0.4, -0.2) is 28.3 Å². The molecule has 2 aromatic carbocycles. The Bertz CT molecular complexity index is 1070. The zero-order valence-corrected chi connectivity index (χ0v) is 16.3. The van der Waals surface area contributed by atoms with E-state index in [1.54, 1.807) is 24.3 Å². The van der Waals surface area contributed by atoms with Crippen molar-refractivity contribution in [3.63, 3.8) is 0 Å². The lowest BCUT2D eigenvalue weighted by Crippen LogP contribution is -2.22. The molecule has 0 unspecified atom stereocenters. The van der Waals surface area contributed by atoms with Gasteiger partial charge in [-0.3, -0.25) is 14.2 Å². The van der Waals surface area contributed by atoms with Crippen molar-refractivity contribution in [3.05, 3.63) is 76.1 Å². The fourth-order valence-corrected chi connectivity index (χ4v) is 3.35. The number of nitrogens with zero attached hydrogens (tertiary/aromatic N) is 2. The van der Waals surface area contributed by atoms with Crippen molar-refractivity contribution >= 4 is 35.0 Å². The number of halogens is 2. The number of hydrogen-bond donors (Lipinski definition) is 1. The van der Waals surface area contributed by atoms with Crippen LogP contribution in [-0.2, 0) is 4.79 Å². The predicted octanol–water partition coefficient (Wildman–Crippen LogP) is 3.76. The van der Waals surface area contributed by atoms with E-state index in [2.05, 4.69) is 10.3 Å². The molecule has 3 aromatic rings. The van der Waals surface area contributed by atoms with Gasteiger partial charge in [-0.05, 0) is 36.4 Å². The third-order valence-electron chi connectivity index (χ3n) is 3.67. The van der Waals surface area contributed by atoms with Gasteiger partial charge in [0.15, 0.2) is 5.03 Å². The van der Waals surface area contributed by atoms with Crippen LogP contribution in [0.2, 0.25) is 5.02 Å². The minimum Gasteiger partial charge on any atom is -0.495 e. The molecule has 28 heavy (non-hydrogen) atoms. The summed E-state index contributed by atoms with van der Waals surface area (Å²) in [6.45, 7) is 0. The van der Waals surface area contributed by atoms with E-state index in [1.165, 1.54) is 42.3 Å². The number of amides is 1. The smallest absolute Gasteiger partial charge is 0.287 e. The van der Waals surface area contributed by atoms with E-state index in [1.807, 2.05) is 0 Å². The van der Waals surface area contributed by atoms with Crippen LogP contribution >= 0.6 is 23.4 Å². The molecule has 0 fully saturated rings. The van der Waals surface area contributed by atoms with Gasteiger partial charge < -0.3 is 10.1 Å². The molecule has 0 aliphatic rings. The van der Waals surface area contributed by atoms with Crippen molar-refractivity contribution < 1.29 is 13.9 Å². The van der Waals surface area contributed by atoms with Crippen LogP contribution in [0.15, 0.2) is 64.7 Å². The van der Waals surface area contributed by atoms with Gasteiger partial charge in [0, 0.05) is 18.1 Å². The average molecular weight is 420 g/mol. The molecule has 9 heteroatoms. The van der Waals surface area contributed by atoms with E-state index in [-0.39, 0.29) is 16.7 Å². The van der Waals surface area contributed by atoms with Crippen molar-refractivity contribution in [2.45, 2.75) is 5.03 Å². The largest absolute Gasteiger partial charge is 0.495 e. The number of carbonyl (C=O) groups is 1. The predicted molar refractivity (Wildman–Crippen MR) is 107 cm³/mol. The first kappa shape index (κ1) is 19.9. The Morgan fingerprint density at radius 3 is 2.86 bits per heavy atom. The molecule has 1 amide bonds. The summed E-state index contributed by atoms with van der Waals surface area (Å²) in [5, 5.41) is 3.20. The Balaban J connectivity index is 1.69. The number of methoxy groups -OCH3 is 1. The van der Waals surface area contributed by atoms with Gasteiger partial charge in [-0.25, -0.2) is 9.37 Å². The van der Waals surface area contributed by atoms with Crippen LogP contribution in [0.25, 0.3) is 5.69 Å². The maximum atomic E-state index is 13.4. The van der Waals surface area contributed by atoms with Gasteiger partial charge in [0.2, 0.25) is 5.91 Å². The zero-order chi connectivity index (χ0) is 20.1. The van der Waals surface area contributed by atoms with Crippen molar-refractivity contribution in [2.24, 2.45) is 0 Å². The molecular formula is C19H15ClFN3O3S. The average Bonchev–Trinajstić information content (AvgIpc) is 2.67. The second-order valence-electron chi connectivity index (χ2n) is 5.57. The molecule has 1 heterocycles. The number of benzene rings is 2. The van der Waals surface area contributed by atoms with Crippen LogP contribution in [0.4, 0.5) is 10.1 Å². The van der Waals surface area contributed by atoms with Crippen molar-refractivity contribution in [3.8, 4) is 11.4 Å². The summed E-state index contributed by atoms with van der Waals surface area (Å²) >= 11 is 7.02. The standard InChI is InChI=1S/C19H15ClFN3O3S/c1-27-16-6-5-13(10-15(16)20)23-17(25)11-28-18-19(26)24(8-7-22-18)14-4-2-3-12(21)9-14/h2-10H,11H2,1H3,(H,23,25). The molecule has 1 aromatic heterocycles. The van der Waals surface area contributed by atoms with Crippen molar-refractivity contribution in [1.29, 1.82) is 0 Å². The molecule has 0 aliphatic carbocycles. The summed E-state index contributed by atoms with van der Waals surface area (Å²) in [6.07, 6.45) is 2.87. The van der Waals surface area contributed by atoms with Gasteiger partial charge in [-0.2, -0.15) is 0 Å². The molecule has 0 bridgehead atoms. The van der Waals surface area contributed by atoms with E-state index in [9.17, 15) is 14.0 Å². The van der Waals surface area contributed by atoms with Gasteiger partial charge in [-0.1, -0.05) is 29.4 Å². The lowest BCUT2D eigenvalue weighted by molar-refractivity contribution is -0.113. The normalized spacial score (nSPS) is 10.5. The highest BCUT2D eigenvalue weighted by Gasteiger charge is 2.11. The Morgan fingerprint density at radius 2 is 2.14 bits per heavy atom. The molecule has 0 atom stereocenters. The van der Waals surface area contributed by atoms with Gasteiger partial charge in [0.1, 0.15) is 11.6 Å². The minimum atomic E-state index is -0.451. The number of aromatic nitrogens is 2. The molecule has 0 saturated heterocycles. The Kier molecular flexibility index (Phi) is 6.33. The molecule has 3 rings (SSSR count). The highest BCUT2D eigenvalue weighted by atomic mass is 35.5. The molecule has 6 nitrogen and oxygen atoms in total. The van der Waals surface area contributed by atoms with Gasteiger partial charge in [0.25, 0.3) is 5.56 Å². The lowest BCUT2D eigenvalue weighted by Gasteiger charge is -2.09. The number of nitrogens with one attached hydrogen (secondary N) is 1. The molecule has 0 radical (unpaired) electrons. The highest BCUT2D eigenvalue weighted by molar-refractivity contribution is 7.99. The quantitative estimate of drug-likeness (QED) is 0.616. The van der Waals surface area contributed by atoms with Crippen LogP contribution in [0.5, 0.6) is 5.75 Å². The van der Waals surface area contributed by atoms with Crippen LogP contribution in [0.1, 0.15) is 0 Å². The lowest BCUT2D eigenvalue weighted by atomic mass is 10.3. The van der Waals surface area contributed by atoms with Crippen molar-refractivity contribution in [2.75, 3.05) is 18.2 Å². The first-order valence-corrected chi connectivity index (χ1v) is 9.44. The SMILES string of the molecule is COc1ccc(NC(=O)CSc2nccn(-c3cccc(F)c3)c2=O)cc1Cl. The summed E-state index contributed by atoms with van der Waals surface area (Å²) in [6, 6.07) is 10.5. The number of thioether (sulfide) groups is 1. The molecule has 144 valence electrons. The van der Waals surface area contributed by atoms with Gasteiger partial charge in [-0.15, -0.1) is 0 Å². The minimum absolute atomic E-state index is 0.0287. The molecule has 0 saturated carbocycles. The van der Waals surface area contributed by atoms with Gasteiger partial charge >= 0.3 is 0 Å². The number of hydrogen-bond acceptors (Lipinski definition) is 5. The second kappa shape index (κ2) is 8.90. The molecule has 0 spiro atoms. The second-order valence-corrected chi connectivity index (χ2v) is 6.94. The summed E-state index contributed by atoms with van der Waals surface area (Å²) in [5.41, 5.74) is 0.458. The van der Waals surface area contributed by atoms with E-state index in [0.29, 0.717) is 22.1 Å². The molecule has 1 N–H and O–H groups in total. The molecular weight excluding hydrogens is 405 g/mol. The van der Waals surface area contributed by atoms with Crippen LogP contribution in [0.3, 0.4) is 0 Å². The summed E-state index contributed by atoms with van der Waals surface area (Å²) in [7, 11) is 1.50. The van der Waals surface area contributed by atoms with E-state index >= 15 is 0 Å². The van der Waals surface area contributed by atoms with Crippen LogP contribution < -0.4 is 15.6 Å². The number of carbonyl (C=O) groups excluding carboxylic acids is 1. The Hall–Kier alpha value is -2.84.